The maximum atomic E-state index is 12.5. The number of nitrogens with two attached hydrogens (primary N) is 1. The van der Waals surface area contributed by atoms with Crippen LogP contribution >= 0.6 is 0 Å². The molecule has 0 atom stereocenters. The van der Waals surface area contributed by atoms with Gasteiger partial charge in [0.15, 0.2) is 5.96 Å². The van der Waals surface area contributed by atoms with Crippen LogP contribution in [0.15, 0.2) is 4.99 Å². The fraction of sp³-hybridized carbons (Fsp3) is 0.824. The van der Waals surface area contributed by atoms with Crippen molar-refractivity contribution >= 4 is 17.8 Å². The highest BCUT2D eigenvalue weighted by Gasteiger charge is 2.37. The van der Waals surface area contributed by atoms with Gasteiger partial charge in [0, 0.05) is 17.5 Å². The van der Waals surface area contributed by atoms with Crippen LogP contribution in [-0.4, -0.2) is 41.9 Å². The van der Waals surface area contributed by atoms with Gasteiger partial charge in [-0.25, -0.2) is 0 Å². The van der Waals surface area contributed by atoms with Crippen LogP contribution in [0.25, 0.3) is 0 Å². The normalized spacial score (nSPS) is 27.2. The van der Waals surface area contributed by atoms with Crippen LogP contribution in [0.4, 0.5) is 0 Å². The molecule has 130 valence electrons. The zero-order valence-electron chi connectivity index (χ0n) is 16.7. The summed E-state index contributed by atoms with van der Waals surface area (Å²) in [5.74, 6) is -1.56. The molecule has 2 aliphatic rings. The van der Waals surface area contributed by atoms with Crippen LogP contribution in [0.3, 0.4) is 0 Å². The Labute approximate surface area is 142 Å². The van der Waals surface area contributed by atoms with Crippen LogP contribution in [0.1, 0.15) is 74.7 Å². The van der Waals surface area contributed by atoms with Crippen molar-refractivity contribution in [1.82, 2.24) is 4.90 Å². The van der Waals surface area contributed by atoms with Gasteiger partial charge in [-0.1, -0.05) is 19.3 Å². The van der Waals surface area contributed by atoms with Crippen LogP contribution in [0, 0.1) is 0 Å². The van der Waals surface area contributed by atoms with E-state index in [1.807, 2.05) is 0 Å². The SMILES string of the molecule is [2H]C([2H])([2H])N1CC(=O)OC2(CCCCCCCC(=O)N=C1N)CCCC2. The van der Waals surface area contributed by atoms with Crippen molar-refractivity contribution in [3.63, 3.8) is 0 Å². The number of carbonyl (C=O) groups excluding carboxylic acids is 2. The second-order valence-corrected chi connectivity index (χ2v) is 6.58. The minimum atomic E-state index is -2.68. The van der Waals surface area contributed by atoms with Gasteiger partial charge in [-0.3, -0.25) is 9.59 Å². The van der Waals surface area contributed by atoms with E-state index in [9.17, 15) is 9.59 Å². The predicted molar refractivity (Wildman–Crippen MR) is 88.9 cm³/mol. The first kappa shape index (κ1) is 13.8. The highest BCUT2D eigenvalue weighted by atomic mass is 16.6. The van der Waals surface area contributed by atoms with Crippen molar-refractivity contribution in [3.8, 4) is 0 Å². The number of rotatable bonds is 0. The monoisotopic (exact) mass is 326 g/mol. The van der Waals surface area contributed by atoms with Gasteiger partial charge < -0.3 is 15.4 Å². The van der Waals surface area contributed by atoms with Gasteiger partial charge >= 0.3 is 5.97 Å². The highest BCUT2D eigenvalue weighted by molar-refractivity contribution is 5.93. The largest absolute Gasteiger partial charge is 0.458 e. The van der Waals surface area contributed by atoms with Gasteiger partial charge in [-0.05, 0) is 44.9 Å². The van der Waals surface area contributed by atoms with Crippen molar-refractivity contribution in [2.45, 2.75) is 76.2 Å². The molecule has 1 saturated carbocycles. The molecule has 1 heterocycles. The Morgan fingerprint density at radius 1 is 1.09 bits per heavy atom. The first-order valence-corrected chi connectivity index (χ1v) is 8.58. The lowest BCUT2D eigenvalue weighted by atomic mass is 9.93. The van der Waals surface area contributed by atoms with E-state index in [4.69, 9.17) is 14.6 Å². The molecule has 2 rings (SSSR count). The summed E-state index contributed by atoms with van der Waals surface area (Å²) in [6.45, 7) is -3.22. The minimum Gasteiger partial charge on any atom is -0.458 e. The number of nitrogens with zero attached hydrogens (tertiary/aromatic N) is 2. The summed E-state index contributed by atoms with van der Waals surface area (Å²) in [6, 6.07) is 0. The molecule has 0 aromatic rings. The van der Waals surface area contributed by atoms with Crippen molar-refractivity contribution in [3.05, 3.63) is 0 Å². The lowest BCUT2D eigenvalue weighted by Crippen LogP contribution is -2.41. The third kappa shape index (κ3) is 5.52. The summed E-state index contributed by atoms with van der Waals surface area (Å²) >= 11 is 0. The highest BCUT2D eigenvalue weighted by Crippen LogP contribution is 2.37. The zero-order valence-corrected chi connectivity index (χ0v) is 13.7. The van der Waals surface area contributed by atoms with Crippen molar-refractivity contribution in [2.75, 3.05) is 13.5 Å². The quantitative estimate of drug-likeness (QED) is 0.691. The second kappa shape index (κ2) is 8.31. The molecule has 0 aromatic heterocycles. The number of hydrogen-bond acceptors (Lipinski definition) is 5. The fourth-order valence-electron chi connectivity index (χ4n) is 3.40. The molecule has 6 nitrogen and oxygen atoms in total. The standard InChI is InChI=1S/C17H29N3O3/c1-20-13-15(22)23-17(11-7-8-12-17)10-6-4-2-3-5-9-14(21)19-16(20)18/h2-13H2,1H3,(H2,18,19,21)/i1D3. The average Bonchev–Trinajstić information content (AvgIpc) is 2.98. The lowest BCUT2D eigenvalue weighted by Gasteiger charge is -2.30. The van der Waals surface area contributed by atoms with Crippen LogP contribution in [-0.2, 0) is 14.3 Å². The molecule has 1 aliphatic heterocycles. The number of esters is 1. The number of guanidine groups is 1. The summed E-state index contributed by atoms with van der Waals surface area (Å²) in [7, 11) is 0. The third-order valence-electron chi connectivity index (χ3n) is 4.67. The van der Waals surface area contributed by atoms with Crippen LogP contribution in [0.2, 0.25) is 0 Å². The van der Waals surface area contributed by atoms with E-state index in [0.29, 0.717) is 11.3 Å². The maximum absolute atomic E-state index is 12.5. The summed E-state index contributed by atoms with van der Waals surface area (Å²) in [5.41, 5.74) is 5.24. The number of aliphatic imine (C=N–C) groups is 1. The molecule has 2 N–H and O–H groups in total. The Bertz CT molecular complexity index is 543. The Hall–Kier alpha value is -1.59. The third-order valence-corrected chi connectivity index (χ3v) is 4.67. The predicted octanol–water partition coefficient (Wildman–Crippen LogP) is 2.36. The van der Waals surface area contributed by atoms with E-state index in [-0.39, 0.29) is 6.42 Å². The molecule has 0 unspecified atom stereocenters. The number of amides is 1. The number of ether oxygens (including phenoxy) is 1. The molecule has 0 saturated heterocycles. The topological polar surface area (TPSA) is 85.0 Å². The Kier molecular flexibility index (Phi) is 4.99. The molecular weight excluding hydrogens is 294 g/mol. The molecule has 23 heavy (non-hydrogen) atoms. The first-order valence-electron chi connectivity index (χ1n) is 10.1. The summed E-state index contributed by atoms with van der Waals surface area (Å²) in [5, 5.41) is 0. The van der Waals surface area contributed by atoms with Crippen LogP contribution in [0.5, 0.6) is 0 Å². The summed E-state index contributed by atoms with van der Waals surface area (Å²) < 4.78 is 28.5. The van der Waals surface area contributed by atoms with Gasteiger partial charge in [-0.15, -0.1) is 0 Å². The van der Waals surface area contributed by atoms with Crippen molar-refractivity contribution < 1.29 is 18.4 Å². The Balaban J connectivity index is 2.20. The smallest absolute Gasteiger partial charge is 0.326 e. The molecular formula is C17H29N3O3. The van der Waals surface area contributed by atoms with Crippen molar-refractivity contribution in [1.29, 1.82) is 0 Å². The first-order chi connectivity index (χ1) is 12.2. The maximum Gasteiger partial charge on any atom is 0.326 e. The number of hydrogen-bond donors (Lipinski definition) is 1. The van der Waals surface area contributed by atoms with Gasteiger partial charge in [0.2, 0.25) is 5.91 Å². The van der Waals surface area contributed by atoms with Crippen LogP contribution < -0.4 is 5.73 Å². The Morgan fingerprint density at radius 3 is 2.39 bits per heavy atom. The molecule has 1 aliphatic carbocycles. The van der Waals surface area contributed by atoms with Gasteiger partial charge in [0.25, 0.3) is 0 Å². The van der Waals surface area contributed by atoms with Crippen molar-refractivity contribution in [2.24, 2.45) is 10.7 Å². The minimum absolute atomic E-state index is 0.226. The molecule has 6 heteroatoms. The van der Waals surface area contributed by atoms with Gasteiger partial charge in [0.05, 0.1) is 0 Å². The Morgan fingerprint density at radius 2 is 1.70 bits per heavy atom. The molecule has 1 amide bonds. The molecule has 0 bridgehead atoms. The van der Waals surface area contributed by atoms with Gasteiger partial charge in [0.1, 0.15) is 12.1 Å². The zero-order chi connectivity index (χ0) is 19.2. The van der Waals surface area contributed by atoms with E-state index < -0.39 is 37.0 Å². The second-order valence-electron chi connectivity index (χ2n) is 6.58. The van der Waals surface area contributed by atoms with E-state index in [2.05, 4.69) is 4.99 Å². The molecule has 0 aromatic carbocycles. The van der Waals surface area contributed by atoms with E-state index in [1.54, 1.807) is 0 Å². The van der Waals surface area contributed by atoms with E-state index in [0.717, 1.165) is 57.8 Å². The average molecular weight is 326 g/mol. The number of likely N-dealkylation sites (N-methyl/N-ethyl adjacent to an activating group) is 1. The number of carbonyl (C=O) groups is 2. The molecule has 0 radical (unpaired) electrons. The molecule has 1 fully saturated rings. The summed E-state index contributed by atoms with van der Waals surface area (Å²) in [4.78, 5) is 28.7. The lowest BCUT2D eigenvalue weighted by molar-refractivity contribution is -0.160. The van der Waals surface area contributed by atoms with E-state index >= 15 is 0 Å². The fourth-order valence-corrected chi connectivity index (χ4v) is 3.40. The van der Waals surface area contributed by atoms with Gasteiger partial charge in [-0.2, -0.15) is 4.99 Å². The molecule has 1 spiro atoms. The summed E-state index contributed by atoms with van der Waals surface area (Å²) in [6.07, 6.45) is 9.28. The van der Waals surface area contributed by atoms with E-state index in [1.165, 1.54) is 0 Å².